The Morgan fingerprint density at radius 2 is 1.87 bits per heavy atom. The van der Waals surface area contributed by atoms with Crippen molar-refractivity contribution >= 4 is 28.4 Å². The SMILES string of the molecule is CCc1cc(-c2cnn(C)c2)ccc1Nc1ncc2ccnc(NCC(C)(C)C)c2n1. The molecule has 0 saturated carbocycles. The van der Waals surface area contributed by atoms with E-state index in [-0.39, 0.29) is 5.41 Å². The molecule has 0 aliphatic rings. The third-order valence-electron chi connectivity index (χ3n) is 5.06. The van der Waals surface area contributed by atoms with Gasteiger partial charge in [0.2, 0.25) is 5.95 Å². The zero-order valence-electron chi connectivity index (χ0n) is 18.8. The molecule has 160 valence electrons. The summed E-state index contributed by atoms with van der Waals surface area (Å²) in [4.78, 5) is 13.8. The van der Waals surface area contributed by atoms with E-state index in [0.717, 1.165) is 46.5 Å². The van der Waals surface area contributed by atoms with E-state index in [1.54, 1.807) is 6.20 Å². The predicted molar refractivity (Wildman–Crippen MR) is 127 cm³/mol. The molecule has 0 spiro atoms. The first-order valence-electron chi connectivity index (χ1n) is 10.6. The van der Waals surface area contributed by atoms with E-state index in [9.17, 15) is 0 Å². The van der Waals surface area contributed by atoms with Gasteiger partial charge in [-0.1, -0.05) is 33.8 Å². The highest BCUT2D eigenvalue weighted by Gasteiger charge is 2.13. The molecule has 0 amide bonds. The fourth-order valence-corrected chi connectivity index (χ4v) is 3.37. The summed E-state index contributed by atoms with van der Waals surface area (Å²) in [6.07, 6.45) is 8.42. The van der Waals surface area contributed by atoms with Crippen molar-refractivity contribution in [2.45, 2.75) is 34.1 Å². The number of nitrogens with zero attached hydrogens (tertiary/aromatic N) is 5. The van der Waals surface area contributed by atoms with Crippen LogP contribution < -0.4 is 10.6 Å². The second kappa shape index (κ2) is 8.34. The van der Waals surface area contributed by atoms with Crippen molar-refractivity contribution < 1.29 is 0 Å². The molecule has 4 aromatic rings. The van der Waals surface area contributed by atoms with Gasteiger partial charge >= 0.3 is 0 Å². The number of anilines is 3. The predicted octanol–water partition coefficient (Wildman–Crippen LogP) is 5.19. The van der Waals surface area contributed by atoms with Gasteiger partial charge in [0, 0.05) is 48.8 Å². The van der Waals surface area contributed by atoms with Gasteiger partial charge in [-0.15, -0.1) is 0 Å². The van der Waals surface area contributed by atoms with Gasteiger partial charge < -0.3 is 10.6 Å². The van der Waals surface area contributed by atoms with Gasteiger partial charge in [0.25, 0.3) is 0 Å². The van der Waals surface area contributed by atoms with Crippen LogP contribution in [-0.2, 0) is 13.5 Å². The highest BCUT2D eigenvalue weighted by atomic mass is 15.2. The Bertz CT molecular complexity index is 1200. The largest absolute Gasteiger partial charge is 0.368 e. The van der Waals surface area contributed by atoms with Crippen molar-refractivity contribution in [2.75, 3.05) is 17.2 Å². The van der Waals surface area contributed by atoms with Crippen LogP contribution in [0.1, 0.15) is 33.3 Å². The quantitative estimate of drug-likeness (QED) is 0.451. The van der Waals surface area contributed by atoms with Gasteiger partial charge in [0.05, 0.1) is 6.20 Å². The Morgan fingerprint density at radius 3 is 2.58 bits per heavy atom. The minimum atomic E-state index is 0.143. The molecule has 31 heavy (non-hydrogen) atoms. The first kappa shape index (κ1) is 20.8. The molecular weight excluding hydrogens is 386 g/mol. The number of rotatable bonds is 6. The minimum absolute atomic E-state index is 0.143. The van der Waals surface area contributed by atoms with Crippen LogP contribution in [-0.4, -0.2) is 31.3 Å². The molecule has 0 unspecified atom stereocenters. The zero-order chi connectivity index (χ0) is 22.0. The first-order chi connectivity index (χ1) is 14.8. The van der Waals surface area contributed by atoms with Crippen LogP contribution in [0.4, 0.5) is 17.5 Å². The van der Waals surface area contributed by atoms with Crippen LogP contribution in [0.3, 0.4) is 0 Å². The van der Waals surface area contributed by atoms with E-state index in [1.165, 1.54) is 5.56 Å². The lowest BCUT2D eigenvalue weighted by atomic mass is 9.97. The standard InChI is InChI=1S/C24H29N7/c1-6-16-11-17(19-13-28-31(5)14-19)7-8-20(16)29-23-26-12-18-9-10-25-22(21(18)30-23)27-15-24(2,3)4/h7-14H,6,15H2,1-5H3,(H,25,27)(H,26,29,30). The molecule has 0 aliphatic heterocycles. The Kier molecular flexibility index (Phi) is 5.59. The van der Waals surface area contributed by atoms with E-state index in [0.29, 0.717) is 5.95 Å². The summed E-state index contributed by atoms with van der Waals surface area (Å²) in [7, 11) is 1.93. The van der Waals surface area contributed by atoms with E-state index in [4.69, 9.17) is 4.98 Å². The van der Waals surface area contributed by atoms with Crippen molar-refractivity contribution in [2.24, 2.45) is 12.5 Å². The first-order valence-corrected chi connectivity index (χ1v) is 10.6. The second-order valence-corrected chi connectivity index (χ2v) is 8.96. The maximum atomic E-state index is 4.77. The average Bonchev–Trinajstić information content (AvgIpc) is 3.18. The Labute approximate surface area is 183 Å². The number of pyridine rings is 1. The van der Waals surface area contributed by atoms with Crippen molar-refractivity contribution in [1.82, 2.24) is 24.7 Å². The number of aryl methyl sites for hydroxylation is 2. The molecule has 4 rings (SSSR count). The number of nitrogens with one attached hydrogen (secondary N) is 2. The Morgan fingerprint density at radius 1 is 1.03 bits per heavy atom. The highest BCUT2D eigenvalue weighted by Crippen LogP contribution is 2.28. The minimum Gasteiger partial charge on any atom is -0.368 e. The van der Waals surface area contributed by atoms with Crippen molar-refractivity contribution in [1.29, 1.82) is 0 Å². The average molecular weight is 416 g/mol. The molecule has 0 saturated heterocycles. The smallest absolute Gasteiger partial charge is 0.227 e. The van der Waals surface area contributed by atoms with Crippen molar-refractivity contribution in [3.05, 3.63) is 54.6 Å². The number of hydrogen-bond donors (Lipinski definition) is 2. The van der Waals surface area contributed by atoms with Crippen molar-refractivity contribution in [3.8, 4) is 11.1 Å². The molecule has 0 fully saturated rings. The van der Waals surface area contributed by atoms with Crippen LogP contribution in [0.15, 0.2) is 49.1 Å². The number of hydrogen-bond acceptors (Lipinski definition) is 6. The van der Waals surface area contributed by atoms with Crippen LogP contribution in [0.2, 0.25) is 0 Å². The van der Waals surface area contributed by atoms with Gasteiger partial charge in [-0.2, -0.15) is 5.10 Å². The van der Waals surface area contributed by atoms with Gasteiger partial charge in [0.15, 0.2) is 5.82 Å². The fraction of sp³-hybridized carbons (Fsp3) is 0.333. The number of fused-ring (bicyclic) bond motifs is 1. The lowest BCUT2D eigenvalue weighted by molar-refractivity contribution is 0.442. The molecule has 0 bridgehead atoms. The molecule has 3 heterocycles. The Hall–Kier alpha value is -3.48. The van der Waals surface area contributed by atoms with Crippen molar-refractivity contribution in [3.63, 3.8) is 0 Å². The summed E-state index contributed by atoms with van der Waals surface area (Å²) in [6.45, 7) is 9.52. The van der Waals surface area contributed by atoms with E-state index < -0.39 is 0 Å². The molecule has 0 atom stereocenters. The third-order valence-corrected chi connectivity index (χ3v) is 5.06. The second-order valence-electron chi connectivity index (χ2n) is 8.96. The lowest BCUT2D eigenvalue weighted by Crippen LogP contribution is -2.19. The zero-order valence-corrected chi connectivity index (χ0v) is 18.8. The molecule has 0 aliphatic carbocycles. The van der Waals surface area contributed by atoms with Crippen LogP contribution in [0.5, 0.6) is 0 Å². The van der Waals surface area contributed by atoms with E-state index in [2.05, 4.69) is 71.6 Å². The van der Waals surface area contributed by atoms with Crippen LogP contribution >= 0.6 is 0 Å². The number of benzene rings is 1. The van der Waals surface area contributed by atoms with E-state index in [1.807, 2.05) is 36.4 Å². The topological polar surface area (TPSA) is 80.5 Å². The van der Waals surface area contributed by atoms with Crippen LogP contribution in [0.25, 0.3) is 22.0 Å². The summed E-state index contributed by atoms with van der Waals surface area (Å²) in [5.74, 6) is 1.34. The molecule has 7 nitrogen and oxygen atoms in total. The normalized spacial score (nSPS) is 11.6. The van der Waals surface area contributed by atoms with Crippen LogP contribution in [0, 0.1) is 5.41 Å². The maximum Gasteiger partial charge on any atom is 0.227 e. The van der Waals surface area contributed by atoms with Gasteiger partial charge in [-0.3, -0.25) is 4.68 Å². The highest BCUT2D eigenvalue weighted by molar-refractivity contribution is 5.88. The Balaban J connectivity index is 1.63. The molecule has 0 radical (unpaired) electrons. The summed E-state index contributed by atoms with van der Waals surface area (Å²) < 4.78 is 1.81. The fourth-order valence-electron chi connectivity index (χ4n) is 3.37. The summed E-state index contributed by atoms with van der Waals surface area (Å²) in [5, 5.41) is 12.1. The summed E-state index contributed by atoms with van der Waals surface area (Å²) in [5.41, 5.74) is 5.41. The van der Waals surface area contributed by atoms with E-state index >= 15 is 0 Å². The summed E-state index contributed by atoms with van der Waals surface area (Å²) in [6, 6.07) is 8.30. The van der Waals surface area contributed by atoms with Gasteiger partial charge in [-0.05, 0) is 41.2 Å². The molecular formula is C24H29N7. The molecule has 3 aromatic heterocycles. The van der Waals surface area contributed by atoms with Gasteiger partial charge in [-0.25, -0.2) is 15.0 Å². The molecule has 1 aromatic carbocycles. The third kappa shape index (κ3) is 4.82. The van der Waals surface area contributed by atoms with Gasteiger partial charge in [0.1, 0.15) is 5.52 Å². The monoisotopic (exact) mass is 415 g/mol. The maximum absolute atomic E-state index is 4.77. The summed E-state index contributed by atoms with van der Waals surface area (Å²) >= 11 is 0. The number of aromatic nitrogens is 5. The molecule has 2 N–H and O–H groups in total. The lowest BCUT2D eigenvalue weighted by Gasteiger charge is -2.19. The molecule has 7 heteroatoms.